The van der Waals surface area contributed by atoms with Crippen LogP contribution in [-0.4, -0.2) is 0 Å². The summed E-state index contributed by atoms with van der Waals surface area (Å²) in [6.45, 7) is 0. The van der Waals surface area contributed by atoms with E-state index in [0.29, 0.717) is 0 Å². The summed E-state index contributed by atoms with van der Waals surface area (Å²) in [5, 5.41) is 9.73. The monoisotopic (exact) mass is 257 g/mol. The number of rotatable bonds is 2. The molecule has 1 aliphatic rings. The van der Waals surface area contributed by atoms with E-state index in [2.05, 4.69) is 36.4 Å². The molecule has 0 saturated heterocycles. The van der Waals surface area contributed by atoms with Crippen molar-refractivity contribution in [2.45, 2.75) is 11.8 Å². The molecule has 3 rings (SSSR count). The van der Waals surface area contributed by atoms with Gasteiger partial charge in [-0.05, 0) is 23.1 Å². The van der Waals surface area contributed by atoms with Crippen molar-refractivity contribution in [3.8, 4) is 17.2 Å². The van der Waals surface area contributed by atoms with Crippen molar-refractivity contribution in [3.05, 3.63) is 84.5 Å². The molecule has 0 fully saturated rings. The van der Waals surface area contributed by atoms with Gasteiger partial charge in [-0.3, -0.25) is 0 Å². The molecule has 1 atom stereocenters. The number of nitrogens with zero attached hydrogens (tertiary/aromatic N) is 1. The summed E-state index contributed by atoms with van der Waals surface area (Å²) in [7, 11) is 0. The second kappa shape index (κ2) is 5.19. The van der Waals surface area contributed by atoms with Gasteiger partial charge in [0, 0.05) is 0 Å². The molecule has 2 aromatic carbocycles. The average molecular weight is 257 g/mol. The van der Waals surface area contributed by atoms with Gasteiger partial charge in [0.15, 0.2) is 0 Å². The van der Waals surface area contributed by atoms with Gasteiger partial charge in [0.25, 0.3) is 0 Å². The molecule has 0 aliphatic heterocycles. The molecule has 0 heterocycles. The molecule has 0 spiro atoms. The molecular formula is C19H15N. The van der Waals surface area contributed by atoms with Gasteiger partial charge in [-0.2, -0.15) is 5.26 Å². The maximum absolute atomic E-state index is 9.73. The van der Waals surface area contributed by atoms with E-state index in [0.717, 1.165) is 23.1 Å². The van der Waals surface area contributed by atoms with E-state index in [1.807, 2.05) is 48.6 Å². The Morgan fingerprint density at radius 2 is 1.65 bits per heavy atom. The molecular weight excluding hydrogens is 242 g/mol. The van der Waals surface area contributed by atoms with Crippen LogP contribution in [0, 0.1) is 11.3 Å². The summed E-state index contributed by atoms with van der Waals surface area (Å²) < 4.78 is 0. The lowest BCUT2D eigenvalue weighted by Gasteiger charge is -2.26. The second-order valence-corrected chi connectivity index (χ2v) is 4.99. The minimum absolute atomic E-state index is 0.554. The Morgan fingerprint density at radius 1 is 0.900 bits per heavy atom. The Labute approximate surface area is 119 Å². The van der Waals surface area contributed by atoms with Gasteiger partial charge in [0.05, 0.1) is 6.07 Å². The van der Waals surface area contributed by atoms with E-state index >= 15 is 0 Å². The molecule has 2 aromatic rings. The van der Waals surface area contributed by atoms with E-state index < -0.39 is 5.41 Å². The summed E-state index contributed by atoms with van der Waals surface area (Å²) >= 11 is 0. The van der Waals surface area contributed by atoms with E-state index in [1.54, 1.807) is 0 Å². The van der Waals surface area contributed by atoms with Crippen LogP contribution in [0.4, 0.5) is 0 Å². The zero-order chi connectivity index (χ0) is 13.8. The molecule has 0 aromatic heterocycles. The first-order chi connectivity index (χ1) is 9.86. The summed E-state index contributed by atoms with van der Waals surface area (Å²) in [5.41, 5.74) is 2.81. The smallest absolute Gasteiger partial charge is 0.105 e. The summed E-state index contributed by atoms with van der Waals surface area (Å²) in [6, 6.07) is 20.9. The quantitative estimate of drug-likeness (QED) is 0.769. The Morgan fingerprint density at radius 3 is 2.35 bits per heavy atom. The normalized spacial score (nSPS) is 20.6. The third-order valence-electron chi connectivity index (χ3n) is 3.76. The Bertz CT molecular complexity index is 704. The summed E-state index contributed by atoms with van der Waals surface area (Å²) in [4.78, 5) is 0. The third kappa shape index (κ3) is 2.06. The minimum Gasteiger partial charge on any atom is -0.197 e. The molecule has 0 amide bonds. The fourth-order valence-electron chi connectivity index (χ4n) is 2.70. The second-order valence-electron chi connectivity index (χ2n) is 4.99. The summed E-state index contributed by atoms with van der Waals surface area (Å²) in [6.07, 6.45) is 8.76. The van der Waals surface area contributed by atoms with Crippen molar-refractivity contribution < 1.29 is 0 Å². The molecule has 0 bridgehead atoms. The zero-order valence-corrected chi connectivity index (χ0v) is 11.2. The lowest BCUT2D eigenvalue weighted by atomic mass is 9.74. The zero-order valence-electron chi connectivity index (χ0n) is 11.2. The Hall–Kier alpha value is -2.59. The van der Waals surface area contributed by atoms with Crippen LogP contribution in [0.2, 0.25) is 0 Å². The van der Waals surface area contributed by atoms with Crippen LogP contribution in [0.1, 0.15) is 12.0 Å². The first-order valence-corrected chi connectivity index (χ1v) is 6.76. The van der Waals surface area contributed by atoms with Crippen LogP contribution in [-0.2, 0) is 5.41 Å². The number of allylic oxidation sites excluding steroid dienone is 4. The highest BCUT2D eigenvalue weighted by Crippen LogP contribution is 2.38. The lowest BCUT2D eigenvalue weighted by Crippen LogP contribution is -2.22. The topological polar surface area (TPSA) is 23.8 Å². The Kier molecular flexibility index (Phi) is 3.23. The largest absolute Gasteiger partial charge is 0.197 e. The molecule has 20 heavy (non-hydrogen) atoms. The van der Waals surface area contributed by atoms with E-state index in [9.17, 15) is 5.26 Å². The highest BCUT2D eigenvalue weighted by atomic mass is 14.4. The van der Waals surface area contributed by atoms with Crippen LogP contribution >= 0.6 is 0 Å². The molecule has 1 unspecified atom stereocenters. The van der Waals surface area contributed by atoms with Gasteiger partial charge in [-0.15, -0.1) is 0 Å². The summed E-state index contributed by atoms with van der Waals surface area (Å²) in [5.74, 6) is 0. The van der Waals surface area contributed by atoms with Crippen molar-refractivity contribution in [2.24, 2.45) is 0 Å². The highest BCUT2D eigenvalue weighted by Gasteiger charge is 2.31. The average Bonchev–Trinajstić information content (AvgIpc) is 2.56. The molecule has 1 aliphatic carbocycles. The minimum atomic E-state index is -0.554. The van der Waals surface area contributed by atoms with Crippen LogP contribution in [0.15, 0.2) is 78.9 Å². The molecule has 1 nitrogen and oxygen atoms in total. The number of hydrogen-bond donors (Lipinski definition) is 0. The van der Waals surface area contributed by atoms with Crippen LogP contribution in [0.5, 0.6) is 0 Å². The standard InChI is InChI=1S/C19H15N/c20-15-19(13-7-2-8-14-19)18-12-6-5-11-17(18)16-9-3-1-4-10-16/h1-13H,14H2. The van der Waals surface area contributed by atoms with Gasteiger partial charge < -0.3 is 0 Å². The first kappa shape index (κ1) is 12.4. The van der Waals surface area contributed by atoms with Crippen molar-refractivity contribution in [1.82, 2.24) is 0 Å². The maximum Gasteiger partial charge on any atom is 0.105 e. The fraction of sp³-hybridized carbons (Fsp3) is 0.105. The number of hydrogen-bond acceptors (Lipinski definition) is 1. The predicted molar refractivity (Wildman–Crippen MR) is 82.1 cm³/mol. The van der Waals surface area contributed by atoms with Gasteiger partial charge in [0.2, 0.25) is 0 Å². The number of benzene rings is 2. The van der Waals surface area contributed by atoms with E-state index in [-0.39, 0.29) is 0 Å². The van der Waals surface area contributed by atoms with Gasteiger partial charge in [0.1, 0.15) is 5.41 Å². The first-order valence-electron chi connectivity index (χ1n) is 6.76. The molecule has 0 radical (unpaired) electrons. The van der Waals surface area contributed by atoms with Crippen LogP contribution in [0.3, 0.4) is 0 Å². The van der Waals surface area contributed by atoms with Crippen LogP contribution < -0.4 is 0 Å². The van der Waals surface area contributed by atoms with Crippen molar-refractivity contribution in [3.63, 3.8) is 0 Å². The fourth-order valence-corrected chi connectivity index (χ4v) is 2.70. The van der Waals surface area contributed by atoms with Gasteiger partial charge >= 0.3 is 0 Å². The molecule has 0 saturated carbocycles. The van der Waals surface area contributed by atoms with Crippen molar-refractivity contribution in [2.75, 3.05) is 0 Å². The lowest BCUT2D eigenvalue weighted by molar-refractivity contribution is 0.693. The van der Waals surface area contributed by atoms with Gasteiger partial charge in [-0.25, -0.2) is 0 Å². The maximum atomic E-state index is 9.73. The predicted octanol–water partition coefficient (Wildman–Crippen LogP) is 4.63. The third-order valence-corrected chi connectivity index (χ3v) is 3.76. The Balaban J connectivity index is 2.19. The van der Waals surface area contributed by atoms with E-state index in [4.69, 9.17) is 0 Å². The molecule has 96 valence electrons. The number of nitriles is 1. The molecule has 1 heteroatoms. The van der Waals surface area contributed by atoms with E-state index in [1.165, 1.54) is 0 Å². The highest BCUT2D eigenvalue weighted by molar-refractivity contribution is 5.70. The van der Waals surface area contributed by atoms with Crippen molar-refractivity contribution >= 4 is 0 Å². The molecule has 0 N–H and O–H groups in total. The van der Waals surface area contributed by atoms with Crippen LogP contribution in [0.25, 0.3) is 11.1 Å². The van der Waals surface area contributed by atoms with Gasteiger partial charge in [-0.1, -0.05) is 78.9 Å². The SMILES string of the molecule is N#CC1(c2ccccc2-c2ccccc2)C=CC=CC1. The van der Waals surface area contributed by atoms with Crippen molar-refractivity contribution in [1.29, 1.82) is 5.26 Å².